The number of sulfonamides is 1. The van der Waals surface area contributed by atoms with Crippen LogP contribution in [-0.4, -0.2) is 49.1 Å². The van der Waals surface area contributed by atoms with Crippen molar-refractivity contribution >= 4 is 38.6 Å². The predicted molar refractivity (Wildman–Crippen MR) is 119 cm³/mol. The summed E-state index contributed by atoms with van der Waals surface area (Å²) >= 11 is 7.61. The molecule has 1 saturated heterocycles. The monoisotopic (exact) mass is 450 g/mol. The predicted octanol–water partition coefficient (Wildman–Crippen LogP) is 4.23. The van der Waals surface area contributed by atoms with Crippen molar-refractivity contribution in [2.24, 2.45) is 0 Å². The number of nitrogens with zero attached hydrogens (tertiary/aromatic N) is 3. The van der Waals surface area contributed by atoms with Crippen molar-refractivity contribution in [1.29, 1.82) is 0 Å². The van der Waals surface area contributed by atoms with Crippen LogP contribution in [0.1, 0.15) is 15.4 Å². The number of hydrogen-bond donors (Lipinski definition) is 1. The highest BCUT2D eigenvalue weighted by molar-refractivity contribution is 7.89. The highest BCUT2D eigenvalue weighted by atomic mass is 35.5. The number of hydrogen-bond acceptors (Lipinski definition) is 5. The number of aromatic amines is 1. The summed E-state index contributed by atoms with van der Waals surface area (Å²) in [7, 11) is -3.62. The molecule has 0 unspecified atom stereocenters. The highest BCUT2D eigenvalue weighted by Gasteiger charge is 2.34. The van der Waals surface area contributed by atoms with Crippen molar-refractivity contribution in [1.82, 2.24) is 14.5 Å². The van der Waals surface area contributed by atoms with Crippen LogP contribution in [0.2, 0.25) is 5.02 Å². The van der Waals surface area contributed by atoms with Gasteiger partial charge in [0.1, 0.15) is 4.90 Å². The van der Waals surface area contributed by atoms with E-state index in [1.807, 2.05) is 51.1 Å². The molecule has 1 fully saturated rings. The van der Waals surface area contributed by atoms with Gasteiger partial charge in [-0.2, -0.15) is 9.40 Å². The zero-order valence-electron chi connectivity index (χ0n) is 16.6. The molecule has 29 heavy (non-hydrogen) atoms. The van der Waals surface area contributed by atoms with Crippen LogP contribution in [0.15, 0.2) is 35.2 Å². The molecule has 9 heteroatoms. The number of nitrogens with one attached hydrogen (secondary N) is 1. The number of aryl methyl sites for hydroxylation is 3. The van der Waals surface area contributed by atoms with Gasteiger partial charge in [0.25, 0.3) is 0 Å². The summed E-state index contributed by atoms with van der Waals surface area (Å²) in [4.78, 5) is 4.32. The van der Waals surface area contributed by atoms with Crippen LogP contribution in [0.4, 0.5) is 5.69 Å². The second-order valence-electron chi connectivity index (χ2n) is 7.23. The number of halogens is 1. The second-order valence-corrected chi connectivity index (χ2v) is 11.0. The van der Waals surface area contributed by atoms with Crippen molar-refractivity contribution in [3.63, 3.8) is 0 Å². The van der Waals surface area contributed by atoms with Gasteiger partial charge in [-0.15, -0.1) is 11.3 Å². The molecular weight excluding hydrogens is 428 g/mol. The molecule has 0 saturated carbocycles. The van der Waals surface area contributed by atoms with E-state index in [1.54, 1.807) is 4.31 Å². The third kappa shape index (κ3) is 3.82. The van der Waals surface area contributed by atoms with Gasteiger partial charge in [-0.3, -0.25) is 5.10 Å². The normalized spacial score (nSPS) is 15.8. The maximum atomic E-state index is 13.6. The molecule has 154 valence electrons. The van der Waals surface area contributed by atoms with Crippen molar-refractivity contribution in [2.45, 2.75) is 25.7 Å². The van der Waals surface area contributed by atoms with Gasteiger partial charge in [0, 0.05) is 57.9 Å². The fraction of sp³-hybridized carbons (Fsp3) is 0.350. The molecule has 3 aromatic rings. The van der Waals surface area contributed by atoms with E-state index < -0.39 is 10.0 Å². The number of rotatable bonds is 4. The first-order chi connectivity index (χ1) is 13.8. The van der Waals surface area contributed by atoms with Crippen LogP contribution in [0, 0.1) is 20.8 Å². The molecular formula is C20H23ClN4O2S2. The molecule has 1 aliphatic heterocycles. The number of aromatic nitrogens is 2. The summed E-state index contributed by atoms with van der Waals surface area (Å²) in [5, 5.41) is 7.92. The van der Waals surface area contributed by atoms with E-state index in [4.69, 9.17) is 11.6 Å². The molecule has 0 spiro atoms. The number of thiophene rings is 1. The van der Waals surface area contributed by atoms with Crippen molar-refractivity contribution in [3.05, 3.63) is 50.8 Å². The summed E-state index contributed by atoms with van der Waals surface area (Å²) in [5.74, 6) is 0. The number of benzene rings is 1. The van der Waals surface area contributed by atoms with Crippen LogP contribution in [0.25, 0.3) is 11.3 Å². The zero-order chi connectivity index (χ0) is 20.8. The first kappa shape index (κ1) is 20.4. The van der Waals surface area contributed by atoms with E-state index in [-0.39, 0.29) is 0 Å². The lowest BCUT2D eigenvalue weighted by molar-refractivity contribution is 0.385. The fourth-order valence-electron chi connectivity index (χ4n) is 3.80. The molecule has 0 bridgehead atoms. The smallest absolute Gasteiger partial charge is 0.244 e. The lowest BCUT2D eigenvalue weighted by Gasteiger charge is -2.35. The van der Waals surface area contributed by atoms with Crippen molar-refractivity contribution < 1.29 is 8.42 Å². The van der Waals surface area contributed by atoms with Gasteiger partial charge in [-0.1, -0.05) is 17.7 Å². The van der Waals surface area contributed by atoms with Crippen LogP contribution >= 0.6 is 22.9 Å². The Morgan fingerprint density at radius 1 is 1.07 bits per heavy atom. The van der Waals surface area contributed by atoms with Crippen LogP contribution in [0.5, 0.6) is 0 Å². The SMILES string of the molecule is Cc1cc(-c2c(C)sc(C)c2S(=O)(=O)N2CCN(c3cccc(Cl)c3)CC2)n[nH]1. The Kier molecular flexibility index (Phi) is 5.46. The van der Waals surface area contributed by atoms with E-state index in [2.05, 4.69) is 15.1 Å². The number of anilines is 1. The average molecular weight is 451 g/mol. The molecule has 1 aromatic carbocycles. The Balaban J connectivity index is 1.62. The van der Waals surface area contributed by atoms with Crippen molar-refractivity contribution in [3.8, 4) is 11.3 Å². The van der Waals surface area contributed by atoms with Gasteiger partial charge in [-0.05, 0) is 45.0 Å². The molecule has 1 aliphatic rings. The maximum Gasteiger partial charge on any atom is 0.244 e. The van der Waals surface area contributed by atoms with Gasteiger partial charge in [0.15, 0.2) is 0 Å². The van der Waals surface area contributed by atoms with Crippen LogP contribution in [-0.2, 0) is 10.0 Å². The van der Waals surface area contributed by atoms with Crippen LogP contribution < -0.4 is 4.90 Å². The number of piperazine rings is 1. The minimum Gasteiger partial charge on any atom is -0.369 e. The molecule has 0 radical (unpaired) electrons. The van der Waals surface area contributed by atoms with E-state index in [0.717, 1.165) is 21.1 Å². The van der Waals surface area contributed by atoms with Gasteiger partial charge in [-0.25, -0.2) is 8.42 Å². The lowest BCUT2D eigenvalue weighted by Crippen LogP contribution is -2.48. The van der Waals surface area contributed by atoms with Gasteiger partial charge in [0.05, 0.1) is 5.69 Å². The third-order valence-electron chi connectivity index (χ3n) is 5.18. The lowest BCUT2D eigenvalue weighted by atomic mass is 10.2. The standard InChI is InChI=1S/C20H23ClN4O2S2/c1-13-11-18(23-22-13)19-14(2)28-15(3)20(19)29(26,27)25-9-7-24(8-10-25)17-6-4-5-16(21)12-17/h4-6,11-12H,7-10H2,1-3H3,(H,22,23). The third-order valence-corrected chi connectivity index (χ3v) is 8.63. The van der Waals surface area contributed by atoms with Crippen LogP contribution in [0.3, 0.4) is 0 Å². The minimum absolute atomic E-state index is 0.391. The fourth-order valence-corrected chi connectivity index (χ4v) is 7.24. The highest BCUT2D eigenvalue weighted by Crippen LogP contribution is 2.40. The molecule has 3 heterocycles. The summed E-state index contributed by atoms with van der Waals surface area (Å²) in [5.41, 5.74) is 3.32. The second kappa shape index (κ2) is 7.75. The molecule has 1 N–H and O–H groups in total. The molecule has 0 aliphatic carbocycles. The van der Waals surface area contributed by atoms with E-state index in [1.165, 1.54) is 11.3 Å². The Morgan fingerprint density at radius 3 is 2.41 bits per heavy atom. The summed E-state index contributed by atoms with van der Waals surface area (Å²) in [6, 6.07) is 9.56. The molecule has 0 amide bonds. The Labute approximate surface area is 180 Å². The molecule has 2 aromatic heterocycles. The molecule has 0 atom stereocenters. The van der Waals surface area contributed by atoms with Gasteiger partial charge >= 0.3 is 0 Å². The van der Waals surface area contributed by atoms with E-state index in [0.29, 0.717) is 47.4 Å². The zero-order valence-corrected chi connectivity index (χ0v) is 19.0. The van der Waals surface area contributed by atoms with E-state index in [9.17, 15) is 8.42 Å². The largest absolute Gasteiger partial charge is 0.369 e. The summed E-state index contributed by atoms with van der Waals surface area (Å²) in [6.07, 6.45) is 0. The minimum atomic E-state index is -3.62. The molecule has 6 nitrogen and oxygen atoms in total. The van der Waals surface area contributed by atoms with Gasteiger partial charge < -0.3 is 4.90 Å². The summed E-state index contributed by atoms with van der Waals surface area (Å²) in [6.45, 7) is 7.85. The Morgan fingerprint density at radius 2 is 1.79 bits per heavy atom. The Hall–Kier alpha value is -1.87. The average Bonchev–Trinajstić information content (AvgIpc) is 3.24. The topological polar surface area (TPSA) is 69.3 Å². The quantitative estimate of drug-likeness (QED) is 0.645. The van der Waals surface area contributed by atoms with E-state index >= 15 is 0 Å². The number of H-pyrrole nitrogens is 1. The first-order valence-electron chi connectivity index (χ1n) is 9.40. The summed E-state index contributed by atoms with van der Waals surface area (Å²) < 4.78 is 28.7. The van der Waals surface area contributed by atoms with Crippen molar-refractivity contribution in [2.75, 3.05) is 31.1 Å². The Bertz CT molecular complexity index is 1150. The first-order valence-corrected chi connectivity index (χ1v) is 12.0. The molecule has 4 rings (SSSR count). The maximum absolute atomic E-state index is 13.6. The van der Waals surface area contributed by atoms with Gasteiger partial charge in [0.2, 0.25) is 10.0 Å².